The second-order valence-electron chi connectivity index (χ2n) is 7.57. The zero-order chi connectivity index (χ0) is 18.5. The van der Waals surface area contributed by atoms with Crippen LogP contribution in [0.5, 0.6) is 5.75 Å². The summed E-state index contributed by atoms with van der Waals surface area (Å²) in [5.74, 6) is 1.74. The summed E-state index contributed by atoms with van der Waals surface area (Å²) in [5.41, 5.74) is 5.16. The summed E-state index contributed by atoms with van der Waals surface area (Å²) >= 11 is 0. The normalized spacial score (nSPS) is 14.6. The molecule has 138 valence electrons. The smallest absolute Gasteiger partial charge is 0.120 e. The lowest BCUT2D eigenvalue weighted by atomic mass is 10.1. The van der Waals surface area contributed by atoms with Crippen molar-refractivity contribution in [1.29, 1.82) is 0 Å². The zero-order valence-electron chi connectivity index (χ0n) is 15.9. The second kappa shape index (κ2) is 8.30. The van der Waals surface area contributed by atoms with Crippen LogP contribution in [0.3, 0.4) is 0 Å². The first-order valence-corrected chi connectivity index (χ1v) is 9.88. The van der Waals surface area contributed by atoms with Crippen molar-refractivity contribution in [2.24, 2.45) is 0 Å². The molecular formula is C25H27NO. The predicted octanol–water partition coefficient (Wildman–Crippen LogP) is 6.19. The van der Waals surface area contributed by atoms with Crippen LogP contribution >= 0.6 is 0 Å². The van der Waals surface area contributed by atoms with Gasteiger partial charge in [0.05, 0.1) is 0 Å². The van der Waals surface area contributed by atoms with Crippen molar-refractivity contribution < 1.29 is 4.74 Å². The number of hydrogen-bond donors (Lipinski definition) is 1. The molecule has 0 unspecified atom stereocenters. The van der Waals surface area contributed by atoms with Crippen molar-refractivity contribution >= 4 is 5.69 Å². The maximum atomic E-state index is 5.95. The molecule has 2 nitrogen and oxygen atoms in total. The van der Waals surface area contributed by atoms with Crippen LogP contribution in [0.4, 0.5) is 5.69 Å². The summed E-state index contributed by atoms with van der Waals surface area (Å²) in [6, 6.07) is 28.0. The summed E-state index contributed by atoms with van der Waals surface area (Å²) in [6.45, 7) is 2.83. The molecule has 1 aliphatic rings. The van der Waals surface area contributed by atoms with Gasteiger partial charge in [-0.25, -0.2) is 0 Å². The van der Waals surface area contributed by atoms with Crippen molar-refractivity contribution in [3.05, 3.63) is 95.6 Å². The fraction of sp³-hybridized carbons (Fsp3) is 0.280. The highest BCUT2D eigenvalue weighted by molar-refractivity contribution is 5.47. The molecule has 1 aliphatic carbocycles. The van der Waals surface area contributed by atoms with Crippen LogP contribution in [0, 0.1) is 0 Å². The largest absolute Gasteiger partial charge is 0.489 e. The lowest BCUT2D eigenvalue weighted by molar-refractivity contribution is 0.306. The summed E-state index contributed by atoms with van der Waals surface area (Å²) in [4.78, 5) is 0. The van der Waals surface area contributed by atoms with E-state index >= 15 is 0 Å². The Morgan fingerprint density at radius 1 is 0.889 bits per heavy atom. The molecule has 0 saturated heterocycles. The number of ether oxygens (including phenoxy) is 1. The van der Waals surface area contributed by atoms with Crippen molar-refractivity contribution in [2.75, 3.05) is 5.32 Å². The Balaban J connectivity index is 1.31. The Hall–Kier alpha value is -2.74. The molecule has 0 aliphatic heterocycles. The molecule has 4 rings (SSSR count). The minimum atomic E-state index is 0.362. The fourth-order valence-electron chi connectivity index (χ4n) is 3.46. The van der Waals surface area contributed by atoms with Crippen molar-refractivity contribution in [2.45, 2.75) is 44.8 Å². The first-order chi connectivity index (χ1) is 13.3. The third-order valence-corrected chi connectivity index (χ3v) is 5.06. The van der Waals surface area contributed by atoms with E-state index in [0.717, 1.165) is 18.1 Å². The molecule has 2 heteroatoms. The molecule has 3 aromatic rings. The van der Waals surface area contributed by atoms with Gasteiger partial charge in [-0.3, -0.25) is 0 Å². The maximum absolute atomic E-state index is 5.95. The monoisotopic (exact) mass is 357 g/mol. The SMILES string of the molecule is C[C@H](Cc1cccc(OCc2ccccc2)c1)Nc1ccc(C2CC2)cc1. The quantitative estimate of drug-likeness (QED) is 0.519. The topological polar surface area (TPSA) is 21.3 Å². The molecule has 1 N–H and O–H groups in total. The number of anilines is 1. The van der Waals surface area contributed by atoms with Gasteiger partial charge in [0.25, 0.3) is 0 Å². The Morgan fingerprint density at radius 2 is 1.63 bits per heavy atom. The van der Waals surface area contributed by atoms with Crippen LogP contribution in [0.15, 0.2) is 78.9 Å². The summed E-state index contributed by atoms with van der Waals surface area (Å²) in [5, 5.41) is 3.61. The van der Waals surface area contributed by atoms with E-state index in [4.69, 9.17) is 4.74 Å². The Bertz CT molecular complexity index is 853. The summed E-state index contributed by atoms with van der Waals surface area (Å²) in [6.07, 6.45) is 3.67. The van der Waals surface area contributed by atoms with E-state index in [1.807, 2.05) is 24.3 Å². The summed E-state index contributed by atoms with van der Waals surface area (Å²) in [7, 11) is 0. The van der Waals surface area contributed by atoms with E-state index in [0.29, 0.717) is 12.6 Å². The number of nitrogens with one attached hydrogen (secondary N) is 1. The lowest BCUT2D eigenvalue weighted by Gasteiger charge is -2.16. The molecule has 0 radical (unpaired) electrons. The van der Waals surface area contributed by atoms with E-state index in [2.05, 4.69) is 66.8 Å². The molecule has 1 atom stereocenters. The highest BCUT2D eigenvalue weighted by Crippen LogP contribution is 2.40. The number of benzene rings is 3. The van der Waals surface area contributed by atoms with Gasteiger partial charge in [0.1, 0.15) is 12.4 Å². The number of rotatable bonds is 8. The maximum Gasteiger partial charge on any atom is 0.120 e. The van der Waals surface area contributed by atoms with Gasteiger partial charge in [-0.2, -0.15) is 0 Å². The van der Waals surface area contributed by atoms with Crippen LogP contribution in [-0.4, -0.2) is 6.04 Å². The van der Waals surface area contributed by atoms with Gasteiger partial charge in [0.2, 0.25) is 0 Å². The Kier molecular flexibility index (Phi) is 5.43. The van der Waals surface area contributed by atoms with E-state index in [1.165, 1.54) is 35.2 Å². The molecule has 0 heterocycles. The van der Waals surface area contributed by atoms with E-state index in [9.17, 15) is 0 Å². The van der Waals surface area contributed by atoms with Gasteiger partial charge in [-0.05, 0) is 73.1 Å². The van der Waals surface area contributed by atoms with E-state index in [1.54, 1.807) is 0 Å². The van der Waals surface area contributed by atoms with Crippen LogP contribution < -0.4 is 10.1 Å². The van der Waals surface area contributed by atoms with E-state index in [-0.39, 0.29) is 0 Å². The Labute approximate surface area is 162 Å². The van der Waals surface area contributed by atoms with Gasteiger partial charge in [0.15, 0.2) is 0 Å². The highest BCUT2D eigenvalue weighted by Gasteiger charge is 2.22. The molecule has 27 heavy (non-hydrogen) atoms. The van der Waals surface area contributed by atoms with Crippen LogP contribution in [0.2, 0.25) is 0 Å². The third kappa shape index (κ3) is 5.13. The van der Waals surface area contributed by atoms with Gasteiger partial charge in [0, 0.05) is 11.7 Å². The van der Waals surface area contributed by atoms with Gasteiger partial charge in [-0.1, -0.05) is 54.6 Å². The third-order valence-electron chi connectivity index (χ3n) is 5.06. The van der Waals surface area contributed by atoms with Crippen molar-refractivity contribution in [3.63, 3.8) is 0 Å². The van der Waals surface area contributed by atoms with Crippen LogP contribution in [0.25, 0.3) is 0 Å². The highest BCUT2D eigenvalue weighted by atomic mass is 16.5. The van der Waals surface area contributed by atoms with Gasteiger partial charge in [-0.15, -0.1) is 0 Å². The molecule has 0 aromatic heterocycles. The molecule has 0 bridgehead atoms. The second-order valence-corrected chi connectivity index (χ2v) is 7.57. The van der Waals surface area contributed by atoms with Crippen LogP contribution in [0.1, 0.15) is 42.4 Å². The number of hydrogen-bond acceptors (Lipinski definition) is 2. The van der Waals surface area contributed by atoms with Gasteiger partial charge >= 0.3 is 0 Å². The minimum absolute atomic E-state index is 0.362. The van der Waals surface area contributed by atoms with E-state index < -0.39 is 0 Å². The molecule has 1 fully saturated rings. The first kappa shape index (κ1) is 17.7. The van der Waals surface area contributed by atoms with Gasteiger partial charge < -0.3 is 10.1 Å². The minimum Gasteiger partial charge on any atom is -0.489 e. The molecule has 0 spiro atoms. The zero-order valence-corrected chi connectivity index (χ0v) is 15.9. The fourth-order valence-corrected chi connectivity index (χ4v) is 3.46. The average Bonchev–Trinajstić information content (AvgIpc) is 3.53. The Morgan fingerprint density at radius 3 is 2.37 bits per heavy atom. The van der Waals surface area contributed by atoms with Crippen molar-refractivity contribution in [3.8, 4) is 5.75 Å². The molecular weight excluding hydrogens is 330 g/mol. The van der Waals surface area contributed by atoms with Crippen LogP contribution in [-0.2, 0) is 13.0 Å². The lowest BCUT2D eigenvalue weighted by Crippen LogP contribution is -2.18. The molecule has 1 saturated carbocycles. The molecule has 0 amide bonds. The first-order valence-electron chi connectivity index (χ1n) is 9.88. The predicted molar refractivity (Wildman–Crippen MR) is 112 cm³/mol. The summed E-state index contributed by atoms with van der Waals surface area (Å²) < 4.78 is 5.95. The average molecular weight is 357 g/mol. The van der Waals surface area contributed by atoms with Crippen molar-refractivity contribution in [1.82, 2.24) is 0 Å². The molecule has 3 aromatic carbocycles. The standard InChI is InChI=1S/C25H27NO/c1-19(26-24-14-12-23(13-15-24)22-10-11-22)16-21-8-5-9-25(17-21)27-18-20-6-3-2-4-7-20/h2-9,12-15,17,19,22,26H,10-11,16,18H2,1H3/t19-/m1/s1.